The van der Waals surface area contributed by atoms with Crippen LogP contribution in [-0.4, -0.2) is 17.2 Å². The molecule has 0 saturated carbocycles. The molecular formula is C21H25BrO2P2. The molecule has 0 aliphatic heterocycles. The number of halogens is 1. The standard InChI is InChI=1S/C21H21O2P.BrH.H3P/c22-21(23)16-17-24(18-10-4-1-5-11-18,19-12-6-2-7-13-19)20-14-8-3-9-15-20;;/h1-15,24H,16-17H2,(H,22,23);1H;1H3. The van der Waals surface area contributed by atoms with Crippen LogP contribution in [0, 0.1) is 0 Å². The predicted molar refractivity (Wildman–Crippen MR) is 125 cm³/mol. The van der Waals surface area contributed by atoms with Crippen LogP contribution in [0.15, 0.2) is 91.0 Å². The number of hydrogen-bond donors (Lipinski definition) is 1. The number of carbonyl (C=O) groups is 1. The summed E-state index contributed by atoms with van der Waals surface area (Å²) in [6.45, 7) is 0. The van der Waals surface area contributed by atoms with Crippen molar-refractivity contribution in [2.24, 2.45) is 0 Å². The van der Waals surface area contributed by atoms with Gasteiger partial charge in [-0.25, -0.2) is 0 Å². The maximum atomic E-state index is 11.4. The van der Waals surface area contributed by atoms with Crippen molar-refractivity contribution in [1.82, 2.24) is 0 Å². The summed E-state index contributed by atoms with van der Waals surface area (Å²) in [6, 6.07) is 31.2. The van der Waals surface area contributed by atoms with Crippen molar-refractivity contribution in [1.29, 1.82) is 0 Å². The van der Waals surface area contributed by atoms with Gasteiger partial charge in [0.05, 0.1) is 0 Å². The van der Waals surface area contributed by atoms with Crippen molar-refractivity contribution in [3.8, 4) is 0 Å². The summed E-state index contributed by atoms with van der Waals surface area (Å²) in [5.74, 6) is -0.741. The molecule has 0 aromatic heterocycles. The largest absolute Gasteiger partial charge is 0.153 e. The summed E-state index contributed by atoms with van der Waals surface area (Å²) in [7, 11) is -2.37. The molecule has 0 bridgehead atoms. The quantitative estimate of drug-likeness (QED) is 0.579. The average Bonchev–Trinajstić information content (AvgIpc) is 2.65. The minimum atomic E-state index is -2.37. The van der Waals surface area contributed by atoms with Crippen molar-refractivity contribution in [3.05, 3.63) is 91.0 Å². The topological polar surface area (TPSA) is 37.3 Å². The molecule has 3 aromatic rings. The zero-order valence-electron chi connectivity index (χ0n) is 14.5. The Bertz CT molecular complexity index is 699. The van der Waals surface area contributed by atoms with Crippen LogP contribution in [0.5, 0.6) is 0 Å². The van der Waals surface area contributed by atoms with Gasteiger partial charge in [0.2, 0.25) is 0 Å². The smallest absolute Gasteiger partial charge is 0.153 e. The Labute approximate surface area is 169 Å². The first-order chi connectivity index (χ1) is 11.7. The molecule has 0 aliphatic rings. The number of benzene rings is 3. The van der Waals surface area contributed by atoms with Crippen LogP contribution in [-0.2, 0) is 4.79 Å². The van der Waals surface area contributed by atoms with Crippen molar-refractivity contribution in [3.63, 3.8) is 0 Å². The summed E-state index contributed by atoms with van der Waals surface area (Å²) in [5.41, 5.74) is 0. The Morgan fingerprint density at radius 1 is 0.692 bits per heavy atom. The van der Waals surface area contributed by atoms with Crippen molar-refractivity contribution in [2.75, 3.05) is 6.16 Å². The molecule has 0 heterocycles. The summed E-state index contributed by atoms with van der Waals surface area (Å²) in [4.78, 5) is 11.4. The summed E-state index contributed by atoms with van der Waals surface area (Å²) >= 11 is 0. The number of carboxylic acids is 1. The van der Waals surface area contributed by atoms with E-state index in [2.05, 4.69) is 36.4 Å². The second kappa shape index (κ2) is 10.6. The summed E-state index contributed by atoms with van der Waals surface area (Å²) in [6.07, 6.45) is 0.825. The minimum absolute atomic E-state index is 0. The van der Waals surface area contributed by atoms with E-state index in [0.717, 1.165) is 0 Å². The van der Waals surface area contributed by atoms with Gasteiger partial charge in [0, 0.05) is 0 Å². The first-order valence-corrected chi connectivity index (χ1v) is 10.3. The molecule has 2 nitrogen and oxygen atoms in total. The number of aliphatic carboxylic acids is 1. The van der Waals surface area contributed by atoms with Gasteiger partial charge in [-0.3, -0.25) is 0 Å². The maximum Gasteiger partial charge on any atom is -0.153 e. The van der Waals surface area contributed by atoms with Crippen LogP contribution in [0.1, 0.15) is 6.42 Å². The van der Waals surface area contributed by atoms with E-state index in [-0.39, 0.29) is 33.3 Å². The Morgan fingerprint density at radius 3 is 1.27 bits per heavy atom. The van der Waals surface area contributed by atoms with Gasteiger partial charge in [0.15, 0.2) is 0 Å². The van der Waals surface area contributed by atoms with E-state index in [0.29, 0.717) is 6.16 Å². The number of carboxylic acid groups (broad SMARTS) is 1. The van der Waals surface area contributed by atoms with Gasteiger partial charge >= 0.3 is 143 Å². The van der Waals surface area contributed by atoms with Gasteiger partial charge in [0.25, 0.3) is 0 Å². The fraction of sp³-hybridized carbons (Fsp3) is 0.0952. The fourth-order valence-electron chi connectivity index (χ4n) is 3.40. The second-order valence-corrected chi connectivity index (χ2v) is 9.94. The van der Waals surface area contributed by atoms with Gasteiger partial charge in [0.1, 0.15) is 0 Å². The zero-order chi connectivity index (χ0) is 16.8. The third-order valence-electron chi connectivity index (χ3n) is 4.51. The molecule has 3 aromatic carbocycles. The van der Waals surface area contributed by atoms with Gasteiger partial charge in [-0.2, -0.15) is 9.90 Å². The number of rotatable bonds is 6. The maximum absolute atomic E-state index is 11.4. The third kappa shape index (κ3) is 4.80. The Balaban J connectivity index is 0.00000169. The minimum Gasteiger partial charge on any atom is -0.153 e. The molecule has 1 atom stereocenters. The van der Waals surface area contributed by atoms with Gasteiger partial charge in [-0.1, -0.05) is 0 Å². The fourth-order valence-corrected chi connectivity index (χ4v) is 8.13. The summed E-state index contributed by atoms with van der Waals surface area (Å²) in [5, 5.41) is 13.1. The van der Waals surface area contributed by atoms with Crippen molar-refractivity contribution < 1.29 is 9.90 Å². The normalized spacial score (nSPS) is 10.9. The molecule has 5 heteroatoms. The molecule has 1 unspecified atom stereocenters. The van der Waals surface area contributed by atoms with Gasteiger partial charge < -0.3 is 0 Å². The molecule has 3 rings (SSSR count). The third-order valence-corrected chi connectivity index (χ3v) is 9.47. The van der Waals surface area contributed by atoms with E-state index in [1.165, 1.54) is 15.9 Å². The average molecular weight is 451 g/mol. The first kappa shape index (κ1) is 22.5. The molecule has 1 N–H and O–H groups in total. The van der Waals surface area contributed by atoms with E-state index in [1.807, 2.05) is 54.6 Å². The van der Waals surface area contributed by atoms with Crippen molar-refractivity contribution in [2.45, 2.75) is 6.42 Å². The molecule has 0 fully saturated rings. The second-order valence-electron chi connectivity index (χ2n) is 5.90. The molecule has 0 aliphatic carbocycles. The Kier molecular flexibility index (Phi) is 9.16. The molecule has 0 spiro atoms. The van der Waals surface area contributed by atoms with Crippen LogP contribution in [0.25, 0.3) is 0 Å². The van der Waals surface area contributed by atoms with Crippen LogP contribution < -0.4 is 15.9 Å². The Hall–Kier alpha value is -1.53. The SMILES string of the molecule is Br.O=C(O)CC[PH](c1ccccc1)(c1ccccc1)c1ccccc1.P. The molecule has 0 radical (unpaired) electrons. The van der Waals surface area contributed by atoms with E-state index in [1.54, 1.807) is 0 Å². The van der Waals surface area contributed by atoms with E-state index in [9.17, 15) is 9.90 Å². The molecule has 0 saturated heterocycles. The zero-order valence-corrected chi connectivity index (χ0v) is 18.7. The monoisotopic (exact) mass is 450 g/mol. The van der Waals surface area contributed by atoms with E-state index in [4.69, 9.17) is 0 Å². The van der Waals surface area contributed by atoms with Crippen molar-refractivity contribution >= 4 is 56.0 Å². The van der Waals surface area contributed by atoms with Crippen LogP contribution in [0.4, 0.5) is 0 Å². The number of hydrogen-bond acceptors (Lipinski definition) is 1. The van der Waals surface area contributed by atoms with Gasteiger partial charge in [-0.05, 0) is 0 Å². The van der Waals surface area contributed by atoms with Crippen LogP contribution >= 0.6 is 34.1 Å². The summed E-state index contributed by atoms with van der Waals surface area (Å²) < 4.78 is 0. The first-order valence-electron chi connectivity index (χ1n) is 8.12. The van der Waals surface area contributed by atoms with Crippen LogP contribution in [0.3, 0.4) is 0 Å². The predicted octanol–water partition coefficient (Wildman–Crippen LogP) is 3.82. The molecule has 26 heavy (non-hydrogen) atoms. The van der Waals surface area contributed by atoms with E-state index < -0.39 is 13.2 Å². The van der Waals surface area contributed by atoms with Gasteiger partial charge in [-0.15, -0.1) is 17.0 Å². The Morgan fingerprint density at radius 2 is 1.00 bits per heavy atom. The molecule has 0 amide bonds. The van der Waals surface area contributed by atoms with Crippen LogP contribution in [0.2, 0.25) is 0 Å². The van der Waals surface area contributed by atoms with E-state index >= 15 is 0 Å². The molecule has 138 valence electrons. The molecular weight excluding hydrogens is 426 g/mol.